The van der Waals surface area contributed by atoms with Crippen LogP contribution in [-0.2, 0) is 0 Å². The van der Waals surface area contributed by atoms with Gasteiger partial charge < -0.3 is 4.74 Å². The fraction of sp³-hybridized carbons (Fsp3) is 0.0556. The van der Waals surface area contributed by atoms with Crippen LogP contribution in [0.25, 0.3) is 10.9 Å². The number of hydrogen-bond acceptors (Lipinski definition) is 4. The molecule has 1 N–H and O–H groups in total. The molecule has 5 heteroatoms. The lowest BCUT2D eigenvalue weighted by atomic mass is 10.1. The van der Waals surface area contributed by atoms with E-state index in [2.05, 4.69) is 15.5 Å². The molecule has 2 aromatic carbocycles. The van der Waals surface area contributed by atoms with Gasteiger partial charge in [0.15, 0.2) is 0 Å². The number of carbonyl (C=O) groups excluding carboxylic acids is 1. The summed E-state index contributed by atoms with van der Waals surface area (Å²) >= 11 is 0. The molecule has 0 atom stereocenters. The Labute approximate surface area is 133 Å². The van der Waals surface area contributed by atoms with E-state index in [1.807, 2.05) is 30.3 Å². The Kier molecular flexibility index (Phi) is 4.29. The van der Waals surface area contributed by atoms with Crippen LogP contribution in [0.5, 0.6) is 5.75 Å². The molecule has 0 bridgehead atoms. The fourth-order valence-electron chi connectivity index (χ4n) is 2.21. The normalized spacial score (nSPS) is 10.8. The largest absolute Gasteiger partial charge is 0.497 e. The summed E-state index contributed by atoms with van der Waals surface area (Å²) in [5.41, 5.74) is 4.82. The van der Waals surface area contributed by atoms with E-state index in [1.165, 1.54) is 0 Å². The second-order valence-corrected chi connectivity index (χ2v) is 4.84. The average Bonchev–Trinajstić information content (AvgIpc) is 2.62. The van der Waals surface area contributed by atoms with Crippen LogP contribution in [0.2, 0.25) is 0 Å². The molecule has 0 spiro atoms. The SMILES string of the molecule is COc1ccc(C(=O)N/N=C/c2cccc3ncccc23)cc1. The minimum Gasteiger partial charge on any atom is -0.497 e. The summed E-state index contributed by atoms with van der Waals surface area (Å²) in [6.45, 7) is 0. The number of rotatable bonds is 4. The van der Waals surface area contributed by atoms with Crippen LogP contribution in [0.3, 0.4) is 0 Å². The molecule has 0 unspecified atom stereocenters. The molecule has 0 aliphatic heterocycles. The van der Waals surface area contributed by atoms with Gasteiger partial charge in [-0.3, -0.25) is 9.78 Å². The van der Waals surface area contributed by atoms with Crippen LogP contribution in [0.1, 0.15) is 15.9 Å². The molecule has 0 saturated heterocycles. The highest BCUT2D eigenvalue weighted by Crippen LogP contribution is 2.14. The molecule has 3 aromatic rings. The molecular weight excluding hydrogens is 290 g/mol. The number of benzene rings is 2. The van der Waals surface area contributed by atoms with Crippen molar-refractivity contribution in [2.24, 2.45) is 5.10 Å². The van der Waals surface area contributed by atoms with Crippen molar-refractivity contribution in [2.45, 2.75) is 0 Å². The van der Waals surface area contributed by atoms with E-state index in [1.54, 1.807) is 43.8 Å². The van der Waals surface area contributed by atoms with Crippen LogP contribution < -0.4 is 10.2 Å². The van der Waals surface area contributed by atoms with E-state index in [4.69, 9.17) is 4.74 Å². The molecule has 0 aliphatic carbocycles. The number of nitrogens with zero attached hydrogens (tertiary/aromatic N) is 2. The van der Waals surface area contributed by atoms with E-state index >= 15 is 0 Å². The molecule has 0 radical (unpaired) electrons. The molecule has 0 fully saturated rings. The number of hydrazone groups is 1. The maximum atomic E-state index is 12.0. The number of hydrogen-bond donors (Lipinski definition) is 1. The summed E-state index contributed by atoms with van der Waals surface area (Å²) in [6.07, 6.45) is 3.36. The average molecular weight is 305 g/mol. The summed E-state index contributed by atoms with van der Waals surface area (Å²) in [4.78, 5) is 16.3. The van der Waals surface area contributed by atoms with Gasteiger partial charge in [-0.15, -0.1) is 0 Å². The van der Waals surface area contributed by atoms with Crippen molar-refractivity contribution < 1.29 is 9.53 Å². The minimum atomic E-state index is -0.276. The van der Waals surface area contributed by atoms with E-state index < -0.39 is 0 Å². The highest BCUT2D eigenvalue weighted by Gasteiger charge is 2.04. The molecule has 114 valence electrons. The summed E-state index contributed by atoms with van der Waals surface area (Å²) in [5, 5.41) is 5.01. The third kappa shape index (κ3) is 3.35. The van der Waals surface area contributed by atoms with Gasteiger partial charge in [0, 0.05) is 22.7 Å². The smallest absolute Gasteiger partial charge is 0.271 e. The fourth-order valence-corrected chi connectivity index (χ4v) is 2.21. The third-order valence-electron chi connectivity index (χ3n) is 3.40. The van der Waals surface area contributed by atoms with Crippen molar-refractivity contribution in [3.05, 3.63) is 71.9 Å². The lowest BCUT2D eigenvalue weighted by Crippen LogP contribution is -2.17. The number of carbonyl (C=O) groups is 1. The lowest BCUT2D eigenvalue weighted by molar-refractivity contribution is 0.0955. The molecule has 1 heterocycles. The van der Waals surface area contributed by atoms with Crippen LogP contribution >= 0.6 is 0 Å². The highest BCUT2D eigenvalue weighted by atomic mass is 16.5. The molecular formula is C18H15N3O2. The summed E-state index contributed by atoms with van der Waals surface area (Å²) in [6, 6.07) is 16.4. The third-order valence-corrected chi connectivity index (χ3v) is 3.40. The van der Waals surface area contributed by atoms with Gasteiger partial charge in [0.25, 0.3) is 5.91 Å². The second kappa shape index (κ2) is 6.70. The van der Waals surface area contributed by atoms with E-state index in [0.717, 1.165) is 16.5 Å². The number of amides is 1. The molecule has 1 amide bonds. The Morgan fingerprint density at radius 3 is 2.74 bits per heavy atom. The standard InChI is InChI=1S/C18H15N3O2/c1-23-15-9-7-13(8-10-15)18(22)21-20-12-14-4-2-6-17-16(14)5-3-11-19-17/h2-12H,1H3,(H,21,22)/b20-12+. The molecule has 0 aliphatic rings. The first kappa shape index (κ1) is 14.7. The summed E-state index contributed by atoms with van der Waals surface area (Å²) in [7, 11) is 1.58. The minimum absolute atomic E-state index is 0.276. The predicted molar refractivity (Wildman–Crippen MR) is 89.8 cm³/mol. The van der Waals surface area contributed by atoms with Gasteiger partial charge in [-0.25, -0.2) is 5.43 Å². The van der Waals surface area contributed by atoms with Crippen LogP contribution in [0.15, 0.2) is 65.9 Å². The first-order chi connectivity index (χ1) is 11.3. The van der Waals surface area contributed by atoms with Crippen LogP contribution in [0.4, 0.5) is 0 Å². The first-order valence-corrected chi connectivity index (χ1v) is 7.09. The zero-order valence-electron chi connectivity index (χ0n) is 12.6. The van der Waals surface area contributed by atoms with Crippen molar-refractivity contribution in [3.63, 3.8) is 0 Å². The maximum absolute atomic E-state index is 12.0. The lowest BCUT2D eigenvalue weighted by Gasteiger charge is -2.03. The Balaban J connectivity index is 1.73. The molecule has 23 heavy (non-hydrogen) atoms. The molecule has 3 rings (SSSR count). The van der Waals surface area contributed by atoms with Crippen molar-refractivity contribution in [1.82, 2.24) is 10.4 Å². The number of nitrogens with one attached hydrogen (secondary N) is 1. The van der Waals surface area contributed by atoms with Crippen molar-refractivity contribution >= 4 is 23.0 Å². The zero-order chi connectivity index (χ0) is 16.1. The molecule has 5 nitrogen and oxygen atoms in total. The second-order valence-electron chi connectivity index (χ2n) is 4.84. The molecule has 0 saturated carbocycles. The van der Waals surface area contributed by atoms with Crippen LogP contribution in [-0.4, -0.2) is 24.2 Å². The number of ether oxygens (including phenoxy) is 1. The van der Waals surface area contributed by atoms with E-state index in [-0.39, 0.29) is 5.91 Å². The highest BCUT2D eigenvalue weighted by molar-refractivity contribution is 5.99. The van der Waals surface area contributed by atoms with Gasteiger partial charge in [0.2, 0.25) is 0 Å². The van der Waals surface area contributed by atoms with Gasteiger partial charge >= 0.3 is 0 Å². The van der Waals surface area contributed by atoms with Gasteiger partial charge in [0.1, 0.15) is 5.75 Å². The van der Waals surface area contributed by atoms with Gasteiger partial charge in [-0.05, 0) is 36.4 Å². The Hall–Kier alpha value is -3.21. The number of aromatic nitrogens is 1. The topological polar surface area (TPSA) is 63.6 Å². The Morgan fingerprint density at radius 2 is 1.96 bits per heavy atom. The number of fused-ring (bicyclic) bond motifs is 1. The van der Waals surface area contributed by atoms with E-state index in [0.29, 0.717) is 11.3 Å². The van der Waals surface area contributed by atoms with Gasteiger partial charge in [-0.1, -0.05) is 18.2 Å². The zero-order valence-corrected chi connectivity index (χ0v) is 12.6. The maximum Gasteiger partial charge on any atom is 0.271 e. The first-order valence-electron chi connectivity index (χ1n) is 7.09. The summed E-state index contributed by atoms with van der Waals surface area (Å²) in [5.74, 6) is 0.426. The predicted octanol–water partition coefficient (Wildman–Crippen LogP) is 3.01. The van der Waals surface area contributed by atoms with Crippen molar-refractivity contribution in [2.75, 3.05) is 7.11 Å². The van der Waals surface area contributed by atoms with Crippen molar-refractivity contribution in [1.29, 1.82) is 0 Å². The Bertz CT molecular complexity index is 852. The van der Waals surface area contributed by atoms with Crippen molar-refractivity contribution in [3.8, 4) is 5.75 Å². The van der Waals surface area contributed by atoms with Gasteiger partial charge in [0.05, 0.1) is 18.8 Å². The van der Waals surface area contributed by atoms with E-state index in [9.17, 15) is 4.79 Å². The number of pyridine rings is 1. The molecule has 1 aromatic heterocycles. The van der Waals surface area contributed by atoms with Gasteiger partial charge in [-0.2, -0.15) is 5.10 Å². The summed E-state index contributed by atoms with van der Waals surface area (Å²) < 4.78 is 5.06. The van der Waals surface area contributed by atoms with Crippen LogP contribution in [0, 0.1) is 0 Å². The Morgan fingerprint density at radius 1 is 1.13 bits per heavy atom. The number of methoxy groups -OCH3 is 1. The quantitative estimate of drug-likeness (QED) is 0.595. The monoisotopic (exact) mass is 305 g/mol.